The van der Waals surface area contributed by atoms with E-state index in [9.17, 15) is 10.1 Å². The summed E-state index contributed by atoms with van der Waals surface area (Å²) in [6.45, 7) is 4.58. The Bertz CT molecular complexity index is 632. The summed E-state index contributed by atoms with van der Waals surface area (Å²) in [6, 6.07) is 6.13. The summed E-state index contributed by atoms with van der Waals surface area (Å²) in [4.78, 5) is 16.9. The van der Waals surface area contributed by atoms with E-state index in [1.54, 1.807) is 12.1 Å². The number of aromatic nitrogens is 2. The van der Waals surface area contributed by atoms with Gasteiger partial charge in [0, 0.05) is 30.8 Å². The monoisotopic (exact) mass is 303 g/mol. The van der Waals surface area contributed by atoms with Crippen LogP contribution in [0, 0.1) is 10.1 Å². The number of hydrogen-bond acceptors (Lipinski definition) is 7. The second-order valence-electron chi connectivity index (χ2n) is 5.20. The second-order valence-corrected chi connectivity index (χ2v) is 5.20. The van der Waals surface area contributed by atoms with E-state index in [1.165, 1.54) is 12.1 Å². The van der Waals surface area contributed by atoms with E-state index in [-0.39, 0.29) is 5.69 Å². The van der Waals surface area contributed by atoms with Crippen LogP contribution in [0.2, 0.25) is 0 Å². The molecule has 0 aliphatic carbocycles. The predicted molar refractivity (Wildman–Crippen MR) is 79.2 cm³/mol. The van der Waals surface area contributed by atoms with Crippen molar-refractivity contribution in [1.29, 1.82) is 0 Å². The minimum Gasteiger partial charge on any atom is -0.338 e. The summed E-state index contributed by atoms with van der Waals surface area (Å²) in [5, 5.41) is 17.9. The highest BCUT2D eigenvalue weighted by Crippen LogP contribution is 2.20. The van der Waals surface area contributed by atoms with Crippen LogP contribution in [0.25, 0.3) is 11.4 Å². The number of nitro benzene ring substituents is 1. The lowest BCUT2D eigenvalue weighted by molar-refractivity contribution is -0.384. The van der Waals surface area contributed by atoms with Crippen molar-refractivity contribution in [3.8, 4) is 11.4 Å². The first-order chi connectivity index (χ1) is 10.7. The number of nitrogens with one attached hydrogen (secondary N) is 1. The molecular weight excluding hydrogens is 286 g/mol. The van der Waals surface area contributed by atoms with E-state index >= 15 is 0 Å². The first-order valence-electron chi connectivity index (χ1n) is 7.23. The van der Waals surface area contributed by atoms with Gasteiger partial charge in [-0.1, -0.05) is 5.16 Å². The molecule has 8 heteroatoms. The maximum Gasteiger partial charge on any atom is 0.269 e. The van der Waals surface area contributed by atoms with Gasteiger partial charge in [-0.25, -0.2) is 0 Å². The molecule has 1 aromatic heterocycles. The maximum atomic E-state index is 10.6. The van der Waals surface area contributed by atoms with Gasteiger partial charge in [-0.3, -0.25) is 15.0 Å². The van der Waals surface area contributed by atoms with Crippen molar-refractivity contribution in [2.45, 2.75) is 13.0 Å². The SMILES string of the molecule is O=[N+]([O-])c1ccc(-c2noc(CN3CCCNCC3)n2)cc1. The molecule has 1 aliphatic rings. The molecule has 0 bridgehead atoms. The molecule has 1 aromatic carbocycles. The molecule has 8 nitrogen and oxygen atoms in total. The Kier molecular flexibility index (Phi) is 4.40. The van der Waals surface area contributed by atoms with Crippen molar-refractivity contribution in [3.05, 3.63) is 40.3 Å². The molecule has 1 fully saturated rings. The standard InChI is InChI=1S/C14H17N5O3/c20-19(21)12-4-2-11(3-5-12)14-16-13(22-17-14)10-18-8-1-6-15-7-9-18/h2-5,15H,1,6-10H2. The lowest BCUT2D eigenvalue weighted by Gasteiger charge is -2.16. The van der Waals surface area contributed by atoms with Crippen LogP contribution in [0.3, 0.4) is 0 Å². The molecule has 1 saturated heterocycles. The first-order valence-corrected chi connectivity index (χ1v) is 7.23. The average Bonchev–Trinajstić information content (AvgIpc) is 2.83. The summed E-state index contributed by atoms with van der Waals surface area (Å²) in [5.74, 6) is 1.02. The molecule has 2 aromatic rings. The zero-order valence-electron chi connectivity index (χ0n) is 12.1. The second kappa shape index (κ2) is 6.63. The van der Waals surface area contributed by atoms with Gasteiger partial charge in [0.05, 0.1) is 11.5 Å². The van der Waals surface area contributed by atoms with Crippen molar-refractivity contribution in [3.63, 3.8) is 0 Å². The summed E-state index contributed by atoms with van der Waals surface area (Å²) in [5.41, 5.74) is 0.752. The van der Waals surface area contributed by atoms with Crippen LogP contribution >= 0.6 is 0 Å². The van der Waals surface area contributed by atoms with Crippen molar-refractivity contribution in [2.24, 2.45) is 0 Å². The third-order valence-corrected chi connectivity index (χ3v) is 3.60. The molecule has 0 atom stereocenters. The molecule has 22 heavy (non-hydrogen) atoms. The molecule has 0 amide bonds. The Balaban J connectivity index is 1.68. The normalized spacial score (nSPS) is 16.4. The predicted octanol–water partition coefficient (Wildman–Crippen LogP) is 1.44. The number of rotatable bonds is 4. The molecule has 0 unspecified atom stereocenters. The topological polar surface area (TPSA) is 97.3 Å². The highest BCUT2D eigenvalue weighted by Gasteiger charge is 2.15. The van der Waals surface area contributed by atoms with E-state index < -0.39 is 4.92 Å². The van der Waals surface area contributed by atoms with Gasteiger partial charge in [-0.2, -0.15) is 4.98 Å². The fourth-order valence-corrected chi connectivity index (χ4v) is 2.42. The summed E-state index contributed by atoms with van der Waals surface area (Å²) in [6.07, 6.45) is 1.10. The van der Waals surface area contributed by atoms with E-state index in [0.717, 1.165) is 32.6 Å². The van der Waals surface area contributed by atoms with Gasteiger partial charge in [-0.05, 0) is 31.6 Å². The molecule has 3 rings (SSSR count). The minimum absolute atomic E-state index is 0.0459. The van der Waals surface area contributed by atoms with E-state index in [2.05, 4.69) is 20.4 Å². The minimum atomic E-state index is -0.432. The first kappa shape index (κ1) is 14.6. The van der Waals surface area contributed by atoms with E-state index in [1.807, 2.05) is 0 Å². The number of hydrogen-bond donors (Lipinski definition) is 1. The maximum absolute atomic E-state index is 10.6. The van der Waals surface area contributed by atoms with Crippen molar-refractivity contribution in [1.82, 2.24) is 20.4 Å². The van der Waals surface area contributed by atoms with Gasteiger partial charge in [0.2, 0.25) is 11.7 Å². The smallest absolute Gasteiger partial charge is 0.269 e. The summed E-state index contributed by atoms with van der Waals surface area (Å²) >= 11 is 0. The summed E-state index contributed by atoms with van der Waals surface area (Å²) in [7, 11) is 0. The van der Waals surface area contributed by atoms with Gasteiger partial charge in [-0.15, -0.1) is 0 Å². The van der Waals surface area contributed by atoms with Gasteiger partial charge >= 0.3 is 0 Å². The number of nitro groups is 1. The van der Waals surface area contributed by atoms with E-state index in [4.69, 9.17) is 4.52 Å². The zero-order valence-corrected chi connectivity index (χ0v) is 12.1. The van der Waals surface area contributed by atoms with Crippen molar-refractivity contribution >= 4 is 5.69 Å². The van der Waals surface area contributed by atoms with Crippen molar-refractivity contribution in [2.75, 3.05) is 26.2 Å². The Morgan fingerprint density at radius 3 is 2.86 bits per heavy atom. The Hall–Kier alpha value is -2.32. The van der Waals surface area contributed by atoms with Gasteiger partial charge in [0.25, 0.3) is 5.69 Å². The Morgan fingerprint density at radius 2 is 2.09 bits per heavy atom. The van der Waals surface area contributed by atoms with Crippen LogP contribution in [0.4, 0.5) is 5.69 Å². The highest BCUT2D eigenvalue weighted by atomic mass is 16.6. The molecule has 1 aliphatic heterocycles. The average molecular weight is 303 g/mol. The fraction of sp³-hybridized carbons (Fsp3) is 0.429. The molecule has 1 N–H and O–H groups in total. The lowest BCUT2D eigenvalue weighted by atomic mass is 10.2. The largest absolute Gasteiger partial charge is 0.338 e. The Morgan fingerprint density at radius 1 is 1.27 bits per heavy atom. The number of non-ortho nitro benzene ring substituents is 1. The fourth-order valence-electron chi connectivity index (χ4n) is 2.42. The highest BCUT2D eigenvalue weighted by molar-refractivity contribution is 5.56. The van der Waals surface area contributed by atoms with E-state index in [0.29, 0.717) is 23.8 Å². The molecule has 116 valence electrons. The molecule has 0 spiro atoms. The van der Waals surface area contributed by atoms with Crippen LogP contribution < -0.4 is 5.32 Å². The van der Waals surface area contributed by atoms with Crippen LogP contribution in [-0.2, 0) is 6.54 Å². The Labute approximate surface area is 127 Å². The van der Waals surface area contributed by atoms with Crippen LogP contribution in [0.1, 0.15) is 12.3 Å². The van der Waals surface area contributed by atoms with Gasteiger partial charge in [0.15, 0.2) is 0 Å². The molecular formula is C14H17N5O3. The van der Waals surface area contributed by atoms with Crippen LogP contribution in [0.5, 0.6) is 0 Å². The molecule has 0 saturated carbocycles. The van der Waals surface area contributed by atoms with Gasteiger partial charge in [0.1, 0.15) is 0 Å². The number of nitrogens with zero attached hydrogens (tertiary/aromatic N) is 4. The molecule has 2 heterocycles. The lowest BCUT2D eigenvalue weighted by Crippen LogP contribution is -2.27. The third kappa shape index (κ3) is 3.46. The van der Waals surface area contributed by atoms with Crippen LogP contribution in [-0.4, -0.2) is 46.1 Å². The van der Waals surface area contributed by atoms with Crippen molar-refractivity contribution < 1.29 is 9.45 Å². The quantitative estimate of drug-likeness (QED) is 0.674. The van der Waals surface area contributed by atoms with Gasteiger partial charge < -0.3 is 9.84 Å². The number of benzene rings is 1. The van der Waals surface area contributed by atoms with Crippen LogP contribution in [0.15, 0.2) is 28.8 Å². The third-order valence-electron chi connectivity index (χ3n) is 3.60. The summed E-state index contributed by atoms with van der Waals surface area (Å²) < 4.78 is 5.28. The zero-order chi connectivity index (χ0) is 15.4. The molecule has 0 radical (unpaired) electrons.